The van der Waals surface area contributed by atoms with Gasteiger partial charge in [-0.2, -0.15) is 0 Å². The number of hydrogen-bond donors (Lipinski definition) is 1. The molecule has 2 aliphatic heterocycles. The number of carbonyl (C=O) groups excluding carboxylic acids is 1. The van der Waals surface area contributed by atoms with E-state index in [1.165, 1.54) is 5.56 Å². The molecule has 2 fully saturated rings. The molecule has 0 aliphatic carbocycles. The summed E-state index contributed by atoms with van der Waals surface area (Å²) in [5.41, 5.74) is 1.18. The molecule has 31 heavy (non-hydrogen) atoms. The van der Waals surface area contributed by atoms with E-state index >= 15 is 0 Å². The number of piperazine rings is 1. The minimum Gasteiger partial charge on any atom is -0.496 e. The average Bonchev–Trinajstić information content (AvgIpc) is 3.33. The lowest BCUT2D eigenvalue weighted by atomic mass is 10.1. The summed E-state index contributed by atoms with van der Waals surface area (Å²) in [7, 11) is 1.71. The number of nitrogens with zero attached hydrogens (tertiary/aromatic N) is 4. The van der Waals surface area contributed by atoms with E-state index in [1.807, 2.05) is 23.1 Å². The van der Waals surface area contributed by atoms with Gasteiger partial charge < -0.3 is 19.9 Å². The fourth-order valence-corrected chi connectivity index (χ4v) is 4.30. The Hall–Kier alpha value is -1.55. The second-order valence-corrected chi connectivity index (χ2v) is 8.03. The molecule has 2 saturated heterocycles. The fourth-order valence-electron chi connectivity index (χ4n) is 4.30. The molecule has 2 aliphatic rings. The highest BCUT2D eigenvalue weighted by Gasteiger charge is 2.30. The van der Waals surface area contributed by atoms with E-state index in [2.05, 4.69) is 35.0 Å². The number of halogens is 1. The number of rotatable bonds is 7. The van der Waals surface area contributed by atoms with Crippen molar-refractivity contribution < 1.29 is 9.53 Å². The highest BCUT2D eigenvalue weighted by molar-refractivity contribution is 14.0. The third-order valence-electron chi connectivity index (χ3n) is 6.11. The fraction of sp³-hybridized carbons (Fsp3) is 0.652. The number of amides is 1. The second kappa shape index (κ2) is 13.1. The molecule has 2 heterocycles. The Morgan fingerprint density at radius 3 is 2.42 bits per heavy atom. The molecule has 1 amide bonds. The van der Waals surface area contributed by atoms with Gasteiger partial charge in [-0.25, -0.2) is 0 Å². The maximum atomic E-state index is 12.7. The summed E-state index contributed by atoms with van der Waals surface area (Å²) >= 11 is 0. The number of ether oxygens (including phenoxy) is 1. The Kier molecular flexibility index (Phi) is 10.9. The van der Waals surface area contributed by atoms with Gasteiger partial charge in [-0.3, -0.25) is 14.7 Å². The van der Waals surface area contributed by atoms with Crippen LogP contribution in [0.4, 0.5) is 0 Å². The van der Waals surface area contributed by atoms with Crippen LogP contribution in [0.3, 0.4) is 0 Å². The standard InChI is InChI=1S/C23H37N5O2.HI/c1-4-24-23(25-12-11-20-9-5-6-10-21(20)30-3)28-17-15-26(16-18-28)19(2)22(29)27-13-7-8-14-27;/h5-6,9-10,19H,4,7-8,11-18H2,1-3H3,(H,24,25);1H. The first kappa shape index (κ1) is 25.7. The maximum absolute atomic E-state index is 12.7. The molecule has 1 unspecified atom stereocenters. The summed E-state index contributed by atoms with van der Waals surface area (Å²) in [6, 6.07) is 8.09. The van der Waals surface area contributed by atoms with Crippen molar-refractivity contribution in [2.75, 3.05) is 59.5 Å². The molecule has 1 N–H and O–H groups in total. The van der Waals surface area contributed by atoms with Crippen molar-refractivity contribution >= 4 is 35.8 Å². The summed E-state index contributed by atoms with van der Waals surface area (Å²) in [6.45, 7) is 11.1. The van der Waals surface area contributed by atoms with Crippen LogP contribution in [0.25, 0.3) is 0 Å². The lowest BCUT2D eigenvalue weighted by molar-refractivity contribution is -0.135. The third kappa shape index (κ3) is 6.97. The predicted octanol–water partition coefficient (Wildman–Crippen LogP) is 2.45. The van der Waals surface area contributed by atoms with E-state index in [-0.39, 0.29) is 30.0 Å². The highest BCUT2D eigenvalue weighted by Crippen LogP contribution is 2.18. The Bertz CT molecular complexity index is 716. The van der Waals surface area contributed by atoms with E-state index in [1.54, 1.807) is 7.11 Å². The quantitative estimate of drug-likeness (QED) is 0.326. The molecule has 0 radical (unpaired) electrons. The Labute approximate surface area is 204 Å². The molecule has 0 saturated carbocycles. The summed E-state index contributed by atoms with van der Waals surface area (Å²) in [5.74, 6) is 2.17. The van der Waals surface area contributed by atoms with Gasteiger partial charge in [0.05, 0.1) is 13.2 Å². The van der Waals surface area contributed by atoms with Gasteiger partial charge in [-0.15, -0.1) is 24.0 Å². The van der Waals surface area contributed by atoms with Crippen LogP contribution >= 0.6 is 24.0 Å². The van der Waals surface area contributed by atoms with E-state index in [0.717, 1.165) is 76.8 Å². The molecule has 0 spiro atoms. The largest absolute Gasteiger partial charge is 0.496 e. The first-order chi connectivity index (χ1) is 14.6. The Morgan fingerprint density at radius 1 is 1.10 bits per heavy atom. The zero-order valence-corrected chi connectivity index (χ0v) is 21.5. The minimum absolute atomic E-state index is 0. The van der Waals surface area contributed by atoms with Crippen molar-refractivity contribution in [2.24, 2.45) is 4.99 Å². The van der Waals surface area contributed by atoms with E-state index in [0.29, 0.717) is 12.5 Å². The number of hydrogen-bond acceptors (Lipinski definition) is 4. The van der Waals surface area contributed by atoms with Crippen molar-refractivity contribution in [1.82, 2.24) is 20.0 Å². The van der Waals surface area contributed by atoms with Gasteiger partial charge in [0.15, 0.2) is 5.96 Å². The summed E-state index contributed by atoms with van der Waals surface area (Å²) in [5, 5.41) is 3.43. The SMILES string of the molecule is CCNC(=NCCc1ccccc1OC)N1CCN(C(C)C(=O)N2CCCC2)CC1.I. The number of carbonyl (C=O) groups is 1. The lowest BCUT2D eigenvalue weighted by Crippen LogP contribution is -2.57. The molecular weight excluding hydrogens is 505 g/mol. The van der Waals surface area contributed by atoms with Gasteiger partial charge in [0.25, 0.3) is 0 Å². The van der Waals surface area contributed by atoms with Gasteiger partial charge >= 0.3 is 0 Å². The molecule has 1 atom stereocenters. The molecule has 7 nitrogen and oxygen atoms in total. The molecular formula is C23H38IN5O2. The maximum Gasteiger partial charge on any atom is 0.239 e. The van der Waals surface area contributed by atoms with Crippen LogP contribution < -0.4 is 10.1 Å². The molecule has 1 aromatic rings. The monoisotopic (exact) mass is 543 g/mol. The van der Waals surface area contributed by atoms with Crippen LogP contribution in [0.2, 0.25) is 0 Å². The molecule has 1 aromatic carbocycles. The first-order valence-corrected chi connectivity index (χ1v) is 11.3. The molecule has 174 valence electrons. The second-order valence-electron chi connectivity index (χ2n) is 8.03. The van der Waals surface area contributed by atoms with Gasteiger partial charge in [-0.05, 0) is 44.7 Å². The number of para-hydroxylation sites is 1. The molecule has 0 aromatic heterocycles. The first-order valence-electron chi connectivity index (χ1n) is 11.3. The molecule has 8 heteroatoms. The zero-order valence-electron chi connectivity index (χ0n) is 19.2. The van der Waals surface area contributed by atoms with E-state index < -0.39 is 0 Å². The summed E-state index contributed by atoms with van der Waals surface area (Å²) in [4.78, 5) is 24.2. The van der Waals surface area contributed by atoms with Crippen LogP contribution in [-0.2, 0) is 11.2 Å². The number of methoxy groups -OCH3 is 1. The topological polar surface area (TPSA) is 60.4 Å². The van der Waals surface area contributed by atoms with E-state index in [9.17, 15) is 4.79 Å². The minimum atomic E-state index is -0.0321. The van der Waals surface area contributed by atoms with Gasteiger partial charge in [0.2, 0.25) is 5.91 Å². The number of nitrogens with one attached hydrogen (secondary N) is 1. The Morgan fingerprint density at radius 2 is 1.77 bits per heavy atom. The van der Waals surface area contributed by atoms with Crippen LogP contribution in [0.1, 0.15) is 32.3 Å². The lowest BCUT2D eigenvalue weighted by Gasteiger charge is -2.39. The van der Waals surface area contributed by atoms with Gasteiger partial charge in [-0.1, -0.05) is 18.2 Å². The Balaban J connectivity index is 0.00000341. The van der Waals surface area contributed by atoms with Crippen molar-refractivity contribution in [3.05, 3.63) is 29.8 Å². The molecule has 3 rings (SSSR count). The van der Waals surface area contributed by atoms with E-state index in [4.69, 9.17) is 9.73 Å². The smallest absolute Gasteiger partial charge is 0.239 e. The molecule has 0 bridgehead atoms. The number of benzene rings is 1. The zero-order chi connectivity index (χ0) is 21.3. The summed E-state index contributed by atoms with van der Waals surface area (Å²) in [6.07, 6.45) is 3.13. The predicted molar refractivity (Wildman–Crippen MR) is 137 cm³/mol. The van der Waals surface area contributed by atoms with Crippen LogP contribution in [0.5, 0.6) is 5.75 Å². The number of likely N-dealkylation sites (tertiary alicyclic amines) is 1. The third-order valence-corrected chi connectivity index (χ3v) is 6.11. The number of guanidine groups is 1. The number of aliphatic imine (C=N–C) groups is 1. The van der Waals surface area contributed by atoms with Gasteiger partial charge in [0.1, 0.15) is 5.75 Å². The van der Waals surface area contributed by atoms with Crippen LogP contribution in [-0.4, -0.2) is 92.1 Å². The van der Waals surface area contributed by atoms with Gasteiger partial charge in [0, 0.05) is 52.4 Å². The summed E-state index contributed by atoms with van der Waals surface area (Å²) < 4.78 is 5.45. The van der Waals surface area contributed by atoms with Crippen molar-refractivity contribution in [1.29, 1.82) is 0 Å². The highest BCUT2D eigenvalue weighted by atomic mass is 127. The average molecular weight is 543 g/mol. The van der Waals surface area contributed by atoms with Crippen molar-refractivity contribution in [3.8, 4) is 5.75 Å². The normalized spacial score (nSPS) is 18.5. The van der Waals surface area contributed by atoms with Crippen molar-refractivity contribution in [3.63, 3.8) is 0 Å². The van der Waals surface area contributed by atoms with Crippen LogP contribution in [0, 0.1) is 0 Å². The van der Waals surface area contributed by atoms with Crippen LogP contribution in [0.15, 0.2) is 29.3 Å². The van der Waals surface area contributed by atoms with Crippen molar-refractivity contribution in [2.45, 2.75) is 39.2 Å².